The highest BCUT2D eigenvalue weighted by molar-refractivity contribution is 5.96. The van der Waals surface area contributed by atoms with Crippen molar-refractivity contribution >= 4 is 36.4 Å². The van der Waals surface area contributed by atoms with Gasteiger partial charge in [0.2, 0.25) is 5.91 Å². The lowest BCUT2D eigenvalue weighted by molar-refractivity contribution is -0.118. The number of piperidine rings is 1. The molecule has 194 valence electrons. The van der Waals surface area contributed by atoms with E-state index in [1.807, 2.05) is 25.2 Å². The first-order chi connectivity index (χ1) is 16.0. The molecule has 0 aliphatic carbocycles. The van der Waals surface area contributed by atoms with E-state index in [0.717, 1.165) is 48.4 Å². The Morgan fingerprint density at radius 3 is 2.60 bits per heavy atom. The van der Waals surface area contributed by atoms with Gasteiger partial charge in [-0.2, -0.15) is 0 Å². The van der Waals surface area contributed by atoms with Crippen LogP contribution in [0.1, 0.15) is 42.0 Å². The number of amides is 1. The zero-order chi connectivity index (χ0) is 23.4. The number of nitrogens with one attached hydrogen (secondary N) is 1. The molecule has 0 spiro atoms. The molecule has 2 aromatic carbocycles. The third-order valence-electron chi connectivity index (χ3n) is 6.91. The van der Waals surface area contributed by atoms with E-state index in [4.69, 9.17) is 4.74 Å². The van der Waals surface area contributed by atoms with Gasteiger partial charge in [0.1, 0.15) is 5.75 Å². The molecule has 35 heavy (non-hydrogen) atoms. The Labute approximate surface area is 220 Å². The SMILES string of the molecule is COc1cc2c(cc1CNC1CCCN(C[C@H](O)CO)[C@H]1c1ccccc1)N(C)C(=O)CC2.Cl.Cl. The molecule has 1 amide bonds. The second-order valence-corrected chi connectivity index (χ2v) is 9.06. The van der Waals surface area contributed by atoms with Crippen LogP contribution in [0.3, 0.4) is 0 Å². The van der Waals surface area contributed by atoms with E-state index in [0.29, 0.717) is 19.5 Å². The number of rotatable bonds is 8. The highest BCUT2D eigenvalue weighted by Crippen LogP contribution is 2.35. The summed E-state index contributed by atoms with van der Waals surface area (Å²) >= 11 is 0. The van der Waals surface area contributed by atoms with E-state index >= 15 is 0 Å². The number of carbonyl (C=O) groups is 1. The minimum Gasteiger partial charge on any atom is -0.496 e. The molecule has 0 saturated carbocycles. The first-order valence-corrected chi connectivity index (χ1v) is 11.8. The average Bonchev–Trinajstić information content (AvgIpc) is 2.85. The highest BCUT2D eigenvalue weighted by Gasteiger charge is 2.33. The Kier molecular flexibility index (Phi) is 11.3. The second-order valence-electron chi connectivity index (χ2n) is 9.06. The van der Waals surface area contributed by atoms with Gasteiger partial charge in [-0.05, 0) is 49.1 Å². The summed E-state index contributed by atoms with van der Waals surface area (Å²) in [6.07, 6.45) is 2.53. The van der Waals surface area contributed by atoms with Crippen LogP contribution in [-0.4, -0.2) is 67.0 Å². The summed E-state index contributed by atoms with van der Waals surface area (Å²) in [7, 11) is 3.52. The second kappa shape index (κ2) is 13.4. The molecule has 4 rings (SSSR count). The highest BCUT2D eigenvalue weighted by atomic mass is 35.5. The van der Waals surface area contributed by atoms with Crippen molar-refractivity contribution in [2.45, 2.75) is 50.4 Å². The number of hydrogen-bond donors (Lipinski definition) is 3. The summed E-state index contributed by atoms with van der Waals surface area (Å²) in [6.45, 7) is 1.69. The number of benzene rings is 2. The zero-order valence-corrected chi connectivity index (χ0v) is 22.0. The van der Waals surface area contributed by atoms with Gasteiger partial charge in [-0.1, -0.05) is 30.3 Å². The number of fused-ring (bicyclic) bond motifs is 1. The van der Waals surface area contributed by atoms with Crippen molar-refractivity contribution in [1.82, 2.24) is 10.2 Å². The minimum atomic E-state index is -0.760. The van der Waals surface area contributed by atoms with Crippen LogP contribution in [0.25, 0.3) is 0 Å². The molecule has 7 nitrogen and oxygen atoms in total. The maximum Gasteiger partial charge on any atom is 0.227 e. The maximum atomic E-state index is 12.2. The molecule has 2 aliphatic rings. The van der Waals surface area contributed by atoms with Gasteiger partial charge >= 0.3 is 0 Å². The van der Waals surface area contributed by atoms with Gasteiger partial charge in [0.25, 0.3) is 0 Å². The molecular formula is C26H37Cl2N3O4. The normalized spacial score (nSPS) is 20.9. The molecule has 0 aromatic heterocycles. The van der Waals surface area contributed by atoms with Gasteiger partial charge in [0.05, 0.1) is 25.9 Å². The molecule has 3 N–H and O–H groups in total. The Morgan fingerprint density at radius 1 is 1.17 bits per heavy atom. The van der Waals surface area contributed by atoms with E-state index in [-0.39, 0.29) is 49.4 Å². The molecule has 9 heteroatoms. The number of β-amino-alcohol motifs (C(OH)–C–C–N with tert-alkyl or cyclic N) is 1. The van der Waals surface area contributed by atoms with Crippen LogP contribution in [0.15, 0.2) is 42.5 Å². The molecule has 2 aromatic rings. The van der Waals surface area contributed by atoms with E-state index in [9.17, 15) is 15.0 Å². The lowest BCUT2D eigenvalue weighted by atomic mass is 9.89. The first-order valence-electron chi connectivity index (χ1n) is 11.8. The van der Waals surface area contributed by atoms with Gasteiger partial charge in [-0.3, -0.25) is 9.69 Å². The zero-order valence-electron chi connectivity index (χ0n) is 20.4. The number of aliphatic hydroxyl groups is 2. The summed E-state index contributed by atoms with van der Waals surface area (Å²) in [5, 5.41) is 23.3. The molecule has 0 bridgehead atoms. The molecule has 2 heterocycles. The van der Waals surface area contributed by atoms with Crippen molar-refractivity contribution in [2.75, 3.05) is 38.8 Å². The summed E-state index contributed by atoms with van der Waals surface area (Å²) in [5.41, 5.74) is 4.32. The van der Waals surface area contributed by atoms with Gasteiger partial charge in [-0.15, -0.1) is 24.8 Å². The van der Waals surface area contributed by atoms with Crippen molar-refractivity contribution in [3.8, 4) is 5.75 Å². The van der Waals surface area contributed by atoms with Crippen molar-refractivity contribution in [3.05, 3.63) is 59.2 Å². The third-order valence-corrected chi connectivity index (χ3v) is 6.91. The number of ether oxygens (including phenoxy) is 1. The Balaban J connectivity index is 0.00000216. The smallest absolute Gasteiger partial charge is 0.227 e. The predicted octanol–water partition coefficient (Wildman–Crippen LogP) is 3.10. The number of carbonyl (C=O) groups excluding carboxylic acids is 1. The number of anilines is 1. The van der Waals surface area contributed by atoms with Crippen LogP contribution in [0.4, 0.5) is 5.69 Å². The number of aliphatic hydroxyl groups excluding tert-OH is 2. The number of nitrogens with zero attached hydrogens (tertiary/aromatic N) is 2. The van der Waals surface area contributed by atoms with E-state index in [2.05, 4.69) is 34.5 Å². The van der Waals surface area contributed by atoms with Gasteiger partial charge in [0.15, 0.2) is 0 Å². The molecular weight excluding hydrogens is 489 g/mol. The lowest BCUT2D eigenvalue weighted by Crippen LogP contribution is -2.50. The maximum absolute atomic E-state index is 12.2. The molecule has 3 atom stereocenters. The van der Waals surface area contributed by atoms with Crippen molar-refractivity contribution in [2.24, 2.45) is 0 Å². The fourth-order valence-corrected chi connectivity index (χ4v) is 5.19. The monoisotopic (exact) mass is 525 g/mol. The molecule has 1 fully saturated rings. The van der Waals surface area contributed by atoms with E-state index in [1.165, 1.54) is 5.56 Å². The number of hydrogen-bond acceptors (Lipinski definition) is 6. The molecule has 1 saturated heterocycles. The summed E-state index contributed by atoms with van der Waals surface area (Å²) in [6, 6.07) is 14.8. The van der Waals surface area contributed by atoms with Gasteiger partial charge in [-0.25, -0.2) is 0 Å². The Hall–Kier alpha value is -1.87. The van der Waals surface area contributed by atoms with Gasteiger partial charge in [0, 0.05) is 43.9 Å². The van der Waals surface area contributed by atoms with Crippen LogP contribution in [0, 0.1) is 0 Å². The summed E-state index contributed by atoms with van der Waals surface area (Å²) in [5.74, 6) is 0.977. The first kappa shape index (κ1) is 29.4. The number of likely N-dealkylation sites (tertiary alicyclic amines) is 1. The average molecular weight is 527 g/mol. The largest absolute Gasteiger partial charge is 0.496 e. The van der Waals surface area contributed by atoms with Crippen molar-refractivity contribution in [3.63, 3.8) is 0 Å². The van der Waals surface area contributed by atoms with E-state index < -0.39 is 6.10 Å². The fourth-order valence-electron chi connectivity index (χ4n) is 5.19. The van der Waals surface area contributed by atoms with Crippen LogP contribution in [-0.2, 0) is 17.8 Å². The Bertz CT molecular complexity index is 963. The predicted molar refractivity (Wildman–Crippen MR) is 143 cm³/mol. The van der Waals surface area contributed by atoms with Crippen molar-refractivity contribution < 1.29 is 19.7 Å². The third kappa shape index (κ3) is 6.67. The van der Waals surface area contributed by atoms with Crippen LogP contribution in [0.2, 0.25) is 0 Å². The van der Waals surface area contributed by atoms with Crippen LogP contribution in [0.5, 0.6) is 5.75 Å². The minimum absolute atomic E-state index is 0. The van der Waals surface area contributed by atoms with Gasteiger partial charge < -0.3 is 25.2 Å². The number of methoxy groups -OCH3 is 1. The van der Waals surface area contributed by atoms with E-state index in [1.54, 1.807) is 12.0 Å². The standard InChI is InChI=1S/C26H35N3O4.2ClH/c1-28-23-13-20(24(33-2)14-19(23)10-11-25(28)32)15-27-22-9-6-12-29(16-21(31)17-30)26(22)18-7-4-3-5-8-18;;/h3-5,7-8,13-14,21-22,26-27,30-31H,6,9-12,15-17H2,1-2H3;2*1H/t21-,22?,26-;;/m0../s1. The molecule has 1 unspecified atom stereocenters. The molecule has 0 radical (unpaired) electrons. The topological polar surface area (TPSA) is 85.3 Å². The summed E-state index contributed by atoms with van der Waals surface area (Å²) < 4.78 is 5.70. The number of halogens is 2. The number of aryl methyl sites for hydroxylation is 1. The van der Waals surface area contributed by atoms with Crippen molar-refractivity contribution in [1.29, 1.82) is 0 Å². The van der Waals surface area contributed by atoms with Crippen LogP contribution >= 0.6 is 24.8 Å². The Morgan fingerprint density at radius 2 is 1.91 bits per heavy atom. The fraction of sp³-hybridized carbons (Fsp3) is 0.500. The summed E-state index contributed by atoms with van der Waals surface area (Å²) in [4.78, 5) is 16.2. The van der Waals surface area contributed by atoms with Crippen LogP contribution < -0.4 is 15.0 Å². The molecule has 2 aliphatic heterocycles. The quantitative estimate of drug-likeness (QED) is 0.491. The lowest BCUT2D eigenvalue weighted by Gasteiger charge is -2.43.